The minimum absolute atomic E-state index is 0.234. The van der Waals surface area contributed by atoms with Crippen LogP contribution >= 0.6 is 22.6 Å². The van der Waals surface area contributed by atoms with E-state index >= 15 is 0 Å². The molecule has 1 aromatic carbocycles. The van der Waals surface area contributed by atoms with Crippen LogP contribution in [-0.2, 0) is 11.2 Å². The summed E-state index contributed by atoms with van der Waals surface area (Å²) in [6.07, 6.45) is 5.46. The van der Waals surface area contributed by atoms with Gasteiger partial charge < -0.3 is 0 Å². The molecular weight excluding hydrogens is 299 g/mol. The lowest BCUT2D eigenvalue weighted by Crippen LogP contribution is -1.93. The lowest BCUT2D eigenvalue weighted by molar-refractivity contribution is -0.114. The number of hydrogen-bond acceptors (Lipinski definition) is 1. The van der Waals surface area contributed by atoms with Crippen LogP contribution in [0.4, 0.5) is 0 Å². The highest BCUT2D eigenvalue weighted by atomic mass is 127. The van der Waals surface area contributed by atoms with E-state index in [1.807, 2.05) is 6.07 Å². The molecule has 0 atom stereocenters. The number of unbranched alkanes of at least 4 members (excludes halogenated alkanes) is 1. The molecular formula is C13H15IO. The maximum atomic E-state index is 11.2. The first-order valence-electron chi connectivity index (χ1n) is 5.16. The molecule has 0 N–H and O–H groups in total. The topological polar surface area (TPSA) is 17.1 Å². The molecule has 2 heteroatoms. The smallest absolute Gasteiger partial charge is 0.156 e. The summed E-state index contributed by atoms with van der Waals surface area (Å²) in [6, 6.07) is 10.4. The van der Waals surface area contributed by atoms with Crippen molar-refractivity contribution in [3.05, 3.63) is 46.1 Å². The first-order valence-corrected chi connectivity index (χ1v) is 6.41. The molecule has 0 aromatic heterocycles. The molecule has 1 aromatic rings. The summed E-state index contributed by atoms with van der Waals surface area (Å²) >= 11 is 2.07. The lowest BCUT2D eigenvalue weighted by Gasteiger charge is -1.99. The van der Waals surface area contributed by atoms with Crippen LogP contribution in [0.3, 0.4) is 0 Å². The molecule has 0 aliphatic carbocycles. The van der Waals surface area contributed by atoms with E-state index in [1.54, 1.807) is 10.2 Å². The molecule has 0 saturated carbocycles. The van der Waals surface area contributed by atoms with Gasteiger partial charge in [0, 0.05) is 6.42 Å². The largest absolute Gasteiger partial charge is 0.295 e. The number of carbonyl (C=O) groups excluding carboxylic acids is 1. The summed E-state index contributed by atoms with van der Waals surface area (Å²) < 4.78 is 1.78. The fraction of sp³-hybridized carbons (Fsp3) is 0.308. The van der Waals surface area contributed by atoms with Crippen LogP contribution in [0, 0.1) is 0 Å². The lowest BCUT2D eigenvalue weighted by atomic mass is 10.1. The highest BCUT2D eigenvalue weighted by Crippen LogP contribution is 2.06. The summed E-state index contributed by atoms with van der Waals surface area (Å²) in [5.74, 6) is 0.234. The quantitative estimate of drug-likeness (QED) is 0.442. The number of halogens is 1. The zero-order chi connectivity index (χ0) is 10.9. The monoisotopic (exact) mass is 314 g/mol. The SMILES string of the molecule is O=C(/C=C/I)CCCCc1ccccc1. The Balaban J connectivity index is 2.15. The Morgan fingerprint density at radius 2 is 1.93 bits per heavy atom. The zero-order valence-electron chi connectivity index (χ0n) is 8.66. The fourth-order valence-corrected chi connectivity index (χ4v) is 1.83. The van der Waals surface area contributed by atoms with Gasteiger partial charge >= 0.3 is 0 Å². The fourth-order valence-electron chi connectivity index (χ4n) is 1.43. The van der Waals surface area contributed by atoms with Gasteiger partial charge in [-0.05, 0) is 35.0 Å². The van der Waals surface area contributed by atoms with Crippen LogP contribution < -0.4 is 0 Å². The minimum atomic E-state index is 0.234. The van der Waals surface area contributed by atoms with Gasteiger partial charge in [-0.2, -0.15) is 0 Å². The molecule has 0 fully saturated rings. The Hall–Kier alpha value is -0.640. The van der Waals surface area contributed by atoms with Gasteiger partial charge in [0.1, 0.15) is 0 Å². The number of benzene rings is 1. The third-order valence-corrected chi connectivity index (χ3v) is 2.59. The number of carbonyl (C=O) groups is 1. The van der Waals surface area contributed by atoms with Gasteiger partial charge in [-0.25, -0.2) is 0 Å². The first kappa shape index (κ1) is 12.4. The van der Waals surface area contributed by atoms with E-state index in [4.69, 9.17) is 0 Å². The van der Waals surface area contributed by atoms with Gasteiger partial charge in [0.2, 0.25) is 0 Å². The van der Waals surface area contributed by atoms with Crippen molar-refractivity contribution in [3.8, 4) is 0 Å². The summed E-state index contributed by atoms with van der Waals surface area (Å²) in [4.78, 5) is 11.2. The van der Waals surface area contributed by atoms with Gasteiger partial charge in [-0.15, -0.1) is 0 Å². The molecule has 15 heavy (non-hydrogen) atoms. The van der Waals surface area contributed by atoms with Crippen molar-refractivity contribution in [1.29, 1.82) is 0 Å². The Morgan fingerprint density at radius 3 is 2.60 bits per heavy atom. The maximum Gasteiger partial charge on any atom is 0.156 e. The van der Waals surface area contributed by atoms with Crippen molar-refractivity contribution < 1.29 is 4.79 Å². The third-order valence-electron chi connectivity index (χ3n) is 2.23. The van der Waals surface area contributed by atoms with Crippen molar-refractivity contribution >= 4 is 28.4 Å². The summed E-state index contributed by atoms with van der Waals surface area (Å²) in [5, 5.41) is 0. The summed E-state index contributed by atoms with van der Waals surface area (Å²) in [6.45, 7) is 0. The number of rotatable bonds is 6. The molecule has 0 radical (unpaired) electrons. The molecule has 0 saturated heterocycles. The highest BCUT2D eigenvalue weighted by molar-refractivity contribution is 14.1. The molecule has 0 heterocycles. The molecule has 1 rings (SSSR count). The molecule has 0 bridgehead atoms. The summed E-state index contributed by atoms with van der Waals surface area (Å²) in [5.41, 5.74) is 1.36. The molecule has 0 unspecified atom stereocenters. The zero-order valence-corrected chi connectivity index (χ0v) is 10.8. The van der Waals surface area contributed by atoms with E-state index in [1.165, 1.54) is 5.56 Å². The molecule has 0 aliphatic heterocycles. The second-order valence-electron chi connectivity index (χ2n) is 3.45. The number of hydrogen-bond donors (Lipinski definition) is 0. The first-order chi connectivity index (χ1) is 7.33. The van der Waals surface area contributed by atoms with Crippen LogP contribution in [0.15, 0.2) is 40.5 Å². The summed E-state index contributed by atoms with van der Waals surface area (Å²) in [7, 11) is 0. The van der Waals surface area contributed by atoms with E-state index in [-0.39, 0.29) is 5.78 Å². The molecule has 80 valence electrons. The van der Waals surface area contributed by atoms with Gasteiger partial charge in [0.05, 0.1) is 0 Å². The standard InChI is InChI=1S/C13H15IO/c14-11-10-13(15)9-5-4-8-12-6-2-1-3-7-12/h1-3,6-7,10-11H,4-5,8-9H2/b11-10+. The normalized spacial score (nSPS) is 10.7. The van der Waals surface area contributed by atoms with Crippen molar-refractivity contribution in [2.45, 2.75) is 25.7 Å². The average molecular weight is 314 g/mol. The van der Waals surface area contributed by atoms with Crippen molar-refractivity contribution in [3.63, 3.8) is 0 Å². The van der Waals surface area contributed by atoms with Crippen molar-refractivity contribution in [2.24, 2.45) is 0 Å². The molecule has 0 amide bonds. The Kier molecular flexibility index (Phi) is 6.32. The third kappa shape index (κ3) is 5.72. The van der Waals surface area contributed by atoms with Crippen molar-refractivity contribution in [2.75, 3.05) is 0 Å². The maximum absolute atomic E-state index is 11.2. The second-order valence-corrected chi connectivity index (χ2v) is 4.17. The van der Waals surface area contributed by atoms with Gasteiger partial charge in [0.15, 0.2) is 5.78 Å². The van der Waals surface area contributed by atoms with E-state index in [0.717, 1.165) is 19.3 Å². The van der Waals surface area contributed by atoms with Gasteiger partial charge in [0.25, 0.3) is 0 Å². The van der Waals surface area contributed by atoms with Crippen LogP contribution in [-0.4, -0.2) is 5.78 Å². The Morgan fingerprint density at radius 1 is 1.20 bits per heavy atom. The van der Waals surface area contributed by atoms with Crippen molar-refractivity contribution in [1.82, 2.24) is 0 Å². The van der Waals surface area contributed by atoms with E-state index in [9.17, 15) is 4.79 Å². The van der Waals surface area contributed by atoms with Crippen LogP contribution in [0.1, 0.15) is 24.8 Å². The van der Waals surface area contributed by atoms with E-state index < -0.39 is 0 Å². The van der Waals surface area contributed by atoms with E-state index in [2.05, 4.69) is 46.9 Å². The minimum Gasteiger partial charge on any atom is -0.295 e. The predicted octanol–water partition coefficient (Wildman–Crippen LogP) is 3.92. The van der Waals surface area contributed by atoms with Gasteiger partial charge in [-0.1, -0.05) is 52.9 Å². The predicted molar refractivity (Wildman–Crippen MR) is 72.2 cm³/mol. The van der Waals surface area contributed by atoms with Crippen LogP contribution in [0.25, 0.3) is 0 Å². The Labute approximate surface area is 105 Å². The van der Waals surface area contributed by atoms with Gasteiger partial charge in [-0.3, -0.25) is 4.79 Å². The van der Waals surface area contributed by atoms with Crippen LogP contribution in [0.2, 0.25) is 0 Å². The number of aryl methyl sites for hydroxylation is 1. The van der Waals surface area contributed by atoms with Crippen LogP contribution in [0.5, 0.6) is 0 Å². The molecule has 0 aliphatic rings. The molecule has 1 nitrogen and oxygen atoms in total. The second kappa shape index (κ2) is 7.63. The Bertz CT molecular complexity index is 317. The number of allylic oxidation sites excluding steroid dienone is 1. The number of ketones is 1. The molecule has 0 spiro atoms. The average Bonchev–Trinajstić information content (AvgIpc) is 2.26. The van der Waals surface area contributed by atoms with E-state index in [0.29, 0.717) is 6.42 Å². The highest BCUT2D eigenvalue weighted by Gasteiger charge is 1.97.